The minimum Gasteiger partial charge on any atom is -0.462 e. The molecule has 0 bridgehead atoms. The summed E-state index contributed by atoms with van der Waals surface area (Å²) >= 11 is 0. The van der Waals surface area contributed by atoms with Gasteiger partial charge in [0.25, 0.3) is 10.1 Å². The summed E-state index contributed by atoms with van der Waals surface area (Å²) in [5, 5.41) is 30.8. The van der Waals surface area contributed by atoms with Gasteiger partial charge in [-0.3, -0.25) is 14.1 Å². The Bertz CT molecular complexity index is 1010. The van der Waals surface area contributed by atoms with Crippen molar-refractivity contribution in [2.75, 3.05) is 19.0 Å². The van der Waals surface area contributed by atoms with Crippen molar-refractivity contribution >= 4 is 22.1 Å². The van der Waals surface area contributed by atoms with Crippen LogP contribution in [0.3, 0.4) is 0 Å². The van der Waals surface area contributed by atoms with E-state index in [0.29, 0.717) is 12.8 Å². The molecule has 1 rings (SSSR count). The lowest BCUT2D eigenvalue weighted by Gasteiger charge is -2.40. The van der Waals surface area contributed by atoms with Crippen LogP contribution in [0.15, 0.2) is 0 Å². The molecular weight excluding hydrogens is 704 g/mol. The van der Waals surface area contributed by atoms with E-state index in [1.54, 1.807) is 0 Å². The molecule has 0 aliphatic carbocycles. The van der Waals surface area contributed by atoms with Crippen molar-refractivity contribution in [2.45, 2.75) is 224 Å². The molecule has 53 heavy (non-hydrogen) atoms. The highest BCUT2D eigenvalue weighted by Crippen LogP contribution is 2.24. The maximum absolute atomic E-state index is 12.8. The lowest BCUT2D eigenvalue weighted by atomic mass is 10.00. The number of hydrogen-bond acceptors (Lipinski definition) is 11. The molecule has 0 saturated carbocycles. The number of carbonyl (C=O) groups excluding carboxylic acids is 2. The molecule has 4 N–H and O–H groups in total. The van der Waals surface area contributed by atoms with Crippen molar-refractivity contribution in [1.82, 2.24) is 0 Å². The molecule has 0 spiro atoms. The lowest BCUT2D eigenvalue weighted by molar-refractivity contribution is -0.297. The predicted octanol–water partition coefficient (Wildman–Crippen LogP) is 7.73. The largest absolute Gasteiger partial charge is 0.462 e. The van der Waals surface area contributed by atoms with E-state index in [1.807, 2.05) is 0 Å². The van der Waals surface area contributed by atoms with Crippen LogP contribution in [0.5, 0.6) is 0 Å². The van der Waals surface area contributed by atoms with Crippen LogP contribution in [-0.4, -0.2) is 96.0 Å². The quantitative estimate of drug-likeness (QED) is 0.0279. The maximum Gasteiger partial charge on any atom is 0.306 e. The van der Waals surface area contributed by atoms with Gasteiger partial charge in [-0.1, -0.05) is 162 Å². The molecule has 2 unspecified atom stereocenters. The predicted molar refractivity (Wildman–Crippen MR) is 206 cm³/mol. The Kier molecular flexibility index (Phi) is 29.8. The third kappa shape index (κ3) is 27.0. The van der Waals surface area contributed by atoms with Crippen LogP contribution >= 0.6 is 0 Å². The normalized spacial score (nSPS) is 21.1. The van der Waals surface area contributed by atoms with Crippen LogP contribution < -0.4 is 0 Å². The molecule has 0 aromatic carbocycles. The van der Waals surface area contributed by atoms with Crippen LogP contribution in [0.25, 0.3) is 0 Å². The van der Waals surface area contributed by atoms with Gasteiger partial charge in [-0.05, 0) is 12.8 Å². The number of unbranched alkanes of at least 4 members (excludes halogenated alkanes) is 23. The fourth-order valence-electron chi connectivity index (χ4n) is 6.62. The molecule has 1 fully saturated rings. The number of aliphatic hydroxyl groups excluding tert-OH is 3. The molecule has 1 aliphatic rings. The summed E-state index contributed by atoms with van der Waals surface area (Å²) in [6.07, 6.45) is 20.2. The summed E-state index contributed by atoms with van der Waals surface area (Å²) in [6, 6.07) is 0. The van der Waals surface area contributed by atoms with Crippen molar-refractivity contribution in [3.05, 3.63) is 0 Å². The molecule has 314 valence electrons. The van der Waals surface area contributed by atoms with Gasteiger partial charge >= 0.3 is 11.9 Å². The van der Waals surface area contributed by atoms with Crippen molar-refractivity contribution in [2.24, 2.45) is 0 Å². The van der Waals surface area contributed by atoms with E-state index in [1.165, 1.54) is 109 Å². The maximum atomic E-state index is 12.8. The zero-order valence-electron chi connectivity index (χ0n) is 33.1. The Hall–Kier alpha value is -1.35. The minimum atomic E-state index is -4.59. The summed E-state index contributed by atoms with van der Waals surface area (Å²) < 4.78 is 53.9. The molecule has 1 heterocycles. The fourth-order valence-corrected chi connectivity index (χ4v) is 7.31. The third-order valence-corrected chi connectivity index (χ3v) is 10.7. The first-order chi connectivity index (χ1) is 25.5. The van der Waals surface area contributed by atoms with E-state index >= 15 is 0 Å². The minimum absolute atomic E-state index is 0.172. The van der Waals surface area contributed by atoms with Crippen molar-refractivity contribution in [3.8, 4) is 0 Å². The van der Waals surface area contributed by atoms with E-state index in [2.05, 4.69) is 13.8 Å². The SMILES string of the molecule is CCCCCCCCCCCCCCCCCCC(=O)O[C@H](COC(=O)CCCCCCCCCCC)CO[C@H]1O[C@H](CS(=O)(=O)O)[C@@H](O)C(O)C1O. The van der Waals surface area contributed by atoms with E-state index in [9.17, 15) is 37.9 Å². The molecule has 0 amide bonds. The zero-order valence-corrected chi connectivity index (χ0v) is 34.0. The zero-order chi connectivity index (χ0) is 39.2. The molecule has 1 aliphatic heterocycles. The first-order valence-electron chi connectivity index (χ1n) is 21.1. The van der Waals surface area contributed by atoms with E-state index in [0.717, 1.165) is 38.5 Å². The second kappa shape index (κ2) is 31.8. The Morgan fingerprint density at radius 1 is 0.566 bits per heavy atom. The van der Waals surface area contributed by atoms with Gasteiger partial charge in [-0.2, -0.15) is 8.42 Å². The van der Waals surface area contributed by atoms with Crippen LogP contribution in [0.1, 0.15) is 187 Å². The van der Waals surface area contributed by atoms with Crippen molar-refractivity contribution in [3.63, 3.8) is 0 Å². The highest BCUT2D eigenvalue weighted by atomic mass is 32.2. The third-order valence-electron chi connectivity index (χ3n) is 9.94. The molecule has 13 heteroatoms. The van der Waals surface area contributed by atoms with Gasteiger partial charge in [0.2, 0.25) is 0 Å². The van der Waals surface area contributed by atoms with Gasteiger partial charge < -0.3 is 34.3 Å². The van der Waals surface area contributed by atoms with Crippen molar-refractivity contribution < 1.29 is 56.8 Å². The van der Waals surface area contributed by atoms with Crippen molar-refractivity contribution in [1.29, 1.82) is 0 Å². The molecule has 1 saturated heterocycles. The van der Waals surface area contributed by atoms with Gasteiger partial charge in [0.15, 0.2) is 12.4 Å². The van der Waals surface area contributed by atoms with Crippen LogP contribution in [0.2, 0.25) is 0 Å². The van der Waals surface area contributed by atoms with Gasteiger partial charge in [0.1, 0.15) is 36.8 Å². The van der Waals surface area contributed by atoms with E-state index in [-0.39, 0.29) is 19.4 Å². The number of hydrogen-bond donors (Lipinski definition) is 4. The van der Waals surface area contributed by atoms with E-state index < -0.39 is 71.2 Å². The van der Waals surface area contributed by atoms with Gasteiger partial charge in [0, 0.05) is 12.8 Å². The topological polar surface area (TPSA) is 186 Å². The average Bonchev–Trinajstić information content (AvgIpc) is 3.12. The highest BCUT2D eigenvalue weighted by molar-refractivity contribution is 7.85. The molecule has 0 aromatic rings. The Balaban J connectivity index is 2.45. The lowest BCUT2D eigenvalue weighted by Crippen LogP contribution is -2.60. The molecule has 6 atom stereocenters. The number of carbonyl (C=O) groups is 2. The second-order valence-corrected chi connectivity index (χ2v) is 16.5. The summed E-state index contributed by atoms with van der Waals surface area (Å²) in [4.78, 5) is 25.2. The summed E-state index contributed by atoms with van der Waals surface area (Å²) in [7, 11) is -4.59. The number of rotatable bonds is 35. The number of esters is 2. The number of ether oxygens (including phenoxy) is 4. The Morgan fingerprint density at radius 2 is 0.962 bits per heavy atom. The first-order valence-corrected chi connectivity index (χ1v) is 22.7. The monoisotopic (exact) mass is 781 g/mol. The van der Waals surface area contributed by atoms with Crippen LogP contribution in [0.4, 0.5) is 0 Å². The smallest absolute Gasteiger partial charge is 0.306 e. The highest BCUT2D eigenvalue weighted by Gasteiger charge is 2.46. The average molecular weight is 781 g/mol. The van der Waals surface area contributed by atoms with Crippen LogP contribution in [0, 0.1) is 0 Å². The van der Waals surface area contributed by atoms with Gasteiger partial charge in [-0.25, -0.2) is 0 Å². The molecule has 0 radical (unpaired) electrons. The standard InChI is InChI=1S/C40H76O12S/c1-3-5-7-9-11-13-14-15-16-17-18-19-21-23-25-27-29-36(42)51-33(30-49-35(41)28-26-24-22-20-12-10-8-6-4-2)31-50-40-39(45)38(44)37(43)34(52-40)32-53(46,47)48/h33-34,37-40,43-45H,3-32H2,1-2H3,(H,46,47,48)/t33-,34-,37-,38?,39?,40+/m1/s1. The Labute approximate surface area is 321 Å². The summed E-state index contributed by atoms with van der Waals surface area (Å²) in [5.41, 5.74) is 0. The van der Waals surface area contributed by atoms with Crippen LogP contribution in [-0.2, 0) is 38.7 Å². The summed E-state index contributed by atoms with van der Waals surface area (Å²) in [6.45, 7) is 3.74. The Morgan fingerprint density at radius 3 is 1.38 bits per heavy atom. The van der Waals surface area contributed by atoms with Gasteiger partial charge in [0.05, 0.1) is 6.61 Å². The number of aliphatic hydroxyl groups is 3. The second-order valence-electron chi connectivity index (χ2n) is 15.0. The molecule has 12 nitrogen and oxygen atoms in total. The molecule has 0 aromatic heterocycles. The van der Waals surface area contributed by atoms with E-state index in [4.69, 9.17) is 18.9 Å². The first kappa shape index (κ1) is 49.7. The summed E-state index contributed by atoms with van der Waals surface area (Å²) in [5.74, 6) is -1.97. The molecular formula is C40H76O12S. The van der Waals surface area contributed by atoms with Gasteiger partial charge in [-0.15, -0.1) is 0 Å². The fraction of sp³-hybridized carbons (Fsp3) is 0.950.